The molecule has 1 aliphatic carbocycles. The highest BCUT2D eigenvalue weighted by atomic mass is 32.2. The van der Waals surface area contributed by atoms with Gasteiger partial charge in [-0.2, -0.15) is 0 Å². The first-order valence-electron chi connectivity index (χ1n) is 5.64. The van der Waals surface area contributed by atoms with Gasteiger partial charge in [0.25, 0.3) is 0 Å². The summed E-state index contributed by atoms with van der Waals surface area (Å²) in [5, 5.41) is 9.69. The van der Waals surface area contributed by atoms with Gasteiger partial charge in [-0.15, -0.1) is 11.8 Å². The Hall–Kier alpha value is -0.960. The Morgan fingerprint density at radius 2 is 2.19 bits per heavy atom. The van der Waals surface area contributed by atoms with E-state index in [2.05, 4.69) is 6.07 Å². The molecule has 1 aromatic rings. The van der Waals surface area contributed by atoms with Crippen LogP contribution in [0.2, 0.25) is 0 Å². The molecule has 2 nitrogen and oxygen atoms in total. The lowest BCUT2D eigenvalue weighted by Crippen LogP contribution is -2.12. The quantitative estimate of drug-likeness (QED) is 0.853. The van der Waals surface area contributed by atoms with Gasteiger partial charge in [0.1, 0.15) is 0 Å². The fourth-order valence-corrected chi connectivity index (χ4v) is 2.76. The highest BCUT2D eigenvalue weighted by Gasteiger charge is 2.24. The van der Waals surface area contributed by atoms with Gasteiger partial charge in [-0.25, -0.2) is 0 Å². The van der Waals surface area contributed by atoms with Gasteiger partial charge >= 0.3 is 5.97 Å². The lowest BCUT2D eigenvalue weighted by molar-refractivity contribution is -0.141. The predicted octanol–water partition coefficient (Wildman–Crippen LogP) is 3.20. The number of thioether (sulfide) groups is 1. The molecule has 1 saturated carbocycles. The first kappa shape index (κ1) is 11.5. The molecule has 1 fully saturated rings. The van der Waals surface area contributed by atoms with E-state index >= 15 is 0 Å². The average molecular weight is 236 g/mol. The van der Waals surface area contributed by atoms with Crippen molar-refractivity contribution in [3.05, 3.63) is 29.8 Å². The van der Waals surface area contributed by atoms with E-state index in [1.807, 2.05) is 30.0 Å². The number of hydrogen-bond donors (Lipinski definition) is 1. The Bertz CT molecular complexity index is 385. The van der Waals surface area contributed by atoms with Crippen molar-refractivity contribution in [2.75, 3.05) is 0 Å². The van der Waals surface area contributed by atoms with Crippen LogP contribution in [-0.2, 0) is 11.2 Å². The molecule has 16 heavy (non-hydrogen) atoms. The van der Waals surface area contributed by atoms with Gasteiger partial charge in [-0.05, 0) is 30.9 Å². The lowest BCUT2D eigenvalue weighted by Gasteiger charge is -2.11. The van der Waals surface area contributed by atoms with Crippen molar-refractivity contribution >= 4 is 17.7 Å². The molecule has 3 heteroatoms. The monoisotopic (exact) mass is 236 g/mol. The molecule has 0 aliphatic heterocycles. The average Bonchev–Trinajstić information content (AvgIpc) is 3.04. The highest BCUT2D eigenvalue weighted by molar-refractivity contribution is 8.00. The first-order valence-corrected chi connectivity index (χ1v) is 6.52. The number of aliphatic carboxylic acids is 1. The third-order valence-electron chi connectivity index (χ3n) is 2.74. The molecule has 0 amide bonds. The minimum atomic E-state index is -0.716. The highest BCUT2D eigenvalue weighted by Crippen LogP contribution is 2.40. The van der Waals surface area contributed by atoms with E-state index in [4.69, 9.17) is 5.11 Å². The second-order valence-corrected chi connectivity index (χ2v) is 5.71. The summed E-state index contributed by atoms with van der Waals surface area (Å²) >= 11 is 1.90. The summed E-state index contributed by atoms with van der Waals surface area (Å²) < 4.78 is 0. The van der Waals surface area contributed by atoms with Crippen LogP contribution >= 0.6 is 11.8 Å². The maximum absolute atomic E-state index is 10.8. The van der Waals surface area contributed by atoms with Crippen molar-refractivity contribution in [3.8, 4) is 0 Å². The van der Waals surface area contributed by atoms with Gasteiger partial charge in [0.2, 0.25) is 0 Å². The van der Waals surface area contributed by atoms with E-state index in [1.165, 1.54) is 23.3 Å². The van der Waals surface area contributed by atoms with E-state index in [9.17, 15) is 4.79 Å². The van der Waals surface area contributed by atoms with Crippen molar-refractivity contribution in [1.82, 2.24) is 0 Å². The van der Waals surface area contributed by atoms with E-state index < -0.39 is 5.97 Å². The molecule has 1 aromatic carbocycles. The predicted molar refractivity (Wildman–Crippen MR) is 65.8 cm³/mol. The van der Waals surface area contributed by atoms with Crippen molar-refractivity contribution in [2.45, 2.75) is 36.3 Å². The van der Waals surface area contributed by atoms with Crippen LogP contribution in [0.1, 0.15) is 25.3 Å². The molecule has 0 heterocycles. The molecular formula is C13H16O2S. The number of benzene rings is 1. The van der Waals surface area contributed by atoms with Gasteiger partial charge in [0, 0.05) is 10.1 Å². The molecule has 1 unspecified atom stereocenters. The number of carboxylic acids is 1. The van der Waals surface area contributed by atoms with Gasteiger partial charge < -0.3 is 5.11 Å². The third kappa shape index (κ3) is 3.01. The SMILES string of the molecule is CC(Cc1ccccc1SC1CC1)C(=O)O. The summed E-state index contributed by atoms with van der Waals surface area (Å²) in [5.74, 6) is -1.02. The molecule has 86 valence electrons. The van der Waals surface area contributed by atoms with E-state index in [0.29, 0.717) is 6.42 Å². The molecule has 0 bridgehead atoms. The number of carboxylic acid groups (broad SMARTS) is 1. The van der Waals surface area contributed by atoms with Gasteiger partial charge in [-0.1, -0.05) is 25.1 Å². The lowest BCUT2D eigenvalue weighted by atomic mass is 10.0. The fraction of sp³-hybridized carbons (Fsp3) is 0.462. The number of rotatable bonds is 5. The molecule has 0 saturated heterocycles. The molecule has 1 aliphatic rings. The van der Waals surface area contributed by atoms with Crippen LogP contribution in [0.25, 0.3) is 0 Å². The summed E-state index contributed by atoms with van der Waals surface area (Å²) in [6.07, 6.45) is 3.23. The van der Waals surface area contributed by atoms with Crippen LogP contribution in [-0.4, -0.2) is 16.3 Å². The van der Waals surface area contributed by atoms with Gasteiger partial charge in [0.15, 0.2) is 0 Å². The Morgan fingerprint density at radius 3 is 2.81 bits per heavy atom. The van der Waals surface area contributed by atoms with Crippen LogP contribution in [0.4, 0.5) is 0 Å². The molecule has 1 atom stereocenters. The Kier molecular flexibility index (Phi) is 3.54. The zero-order chi connectivity index (χ0) is 11.5. The van der Waals surface area contributed by atoms with Crippen LogP contribution in [0.5, 0.6) is 0 Å². The third-order valence-corrected chi connectivity index (χ3v) is 4.20. The standard InChI is InChI=1S/C13H16O2S/c1-9(13(14)15)8-10-4-2-3-5-12(10)16-11-6-7-11/h2-5,9,11H,6-8H2,1H3,(H,14,15). The topological polar surface area (TPSA) is 37.3 Å². The number of hydrogen-bond acceptors (Lipinski definition) is 2. The Labute approximate surface area is 100 Å². The molecule has 0 radical (unpaired) electrons. The van der Waals surface area contributed by atoms with Crippen LogP contribution < -0.4 is 0 Å². The summed E-state index contributed by atoms with van der Waals surface area (Å²) in [5.41, 5.74) is 1.18. The maximum Gasteiger partial charge on any atom is 0.306 e. The van der Waals surface area contributed by atoms with Crippen LogP contribution in [0, 0.1) is 5.92 Å². The minimum Gasteiger partial charge on any atom is -0.481 e. The normalized spacial score (nSPS) is 17.1. The Morgan fingerprint density at radius 1 is 1.50 bits per heavy atom. The second-order valence-electron chi connectivity index (χ2n) is 4.37. The number of carbonyl (C=O) groups is 1. The van der Waals surface area contributed by atoms with Crippen LogP contribution in [0.15, 0.2) is 29.2 Å². The van der Waals surface area contributed by atoms with Crippen molar-refractivity contribution in [3.63, 3.8) is 0 Å². The van der Waals surface area contributed by atoms with Gasteiger partial charge in [-0.3, -0.25) is 4.79 Å². The molecule has 0 spiro atoms. The zero-order valence-corrected chi connectivity index (χ0v) is 10.2. The smallest absolute Gasteiger partial charge is 0.306 e. The molecule has 2 rings (SSSR count). The Balaban J connectivity index is 2.08. The molecule has 1 N–H and O–H groups in total. The molecule has 0 aromatic heterocycles. The van der Waals surface area contributed by atoms with Crippen molar-refractivity contribution in [2.24, 2.45) is 5.92 Å². The van der Waals surface area contributed by atoms with E-state index in [1.54, 1.807) is 6.92 Å². The first-order chi connectivity index (χ1) is 7.66. The summed E-state index contributed by atoms with van der Waals surface area (Å²) in [4.78, 5) is 12.1. The maximum atomic E-state index is 10.8. The summed E-state index contributed by atoms with van der Waals surface area (Å²) in [7, 11) is 0. The van der Waals surface area contributed by atoms with E-state index in [0.717, 1.165) is 5.25 Å². The largest absolute Gasteiger partial charge is 0.481 e. The minimum absolute atomic E-state index is 0.305. The fourth-order valence-electron chi connectivity index (χ4n) is 1.57. The van der Waals surface area contributed by atoms with E-state index in [-0.39, 0.29) is 5.92 Å². The zero-order valence-electron chi connectivity index (χ0n) is 9.35. The summed E-state index contributed by atoms with van der Waals surface area (Å²) in [6, 6.07) is 8.16. The second kappa shape index (κ2) is 4.91. The van der Waals surface area contributed by atoms with Gasteiger partial charge in [0.05, 0.1) is 5.92 Å². The van der Waals surface area contributed by atoms with Crippen molar-refractivity contribution in [1.29, 1.82) is 0 Å². The van der Waals surface area contributed by atoms with Crippen LogP contribution in [0.3, 0.4) is 0 Å². The van der Waals surface area contributed by atoms with Crippen molar-refractivity contribution < 1.29 is 9.90 Å². The molecular weight excluding hydrogens is 220 g/mol. The summed E-state index contributed by atoms with van der Waals surface area (Å²) in [6.45, 7) is 1.76.